The largest absolute Gasteiger partial charge is 0.435 e. The van der Waals surface area contributed by atoms with Crippen LogP contribution in [0.1, 0.15) is 69.4 Å². The fourth-order valence-electron chi connectivity index (χ4n) is 6.16. The van der Waals surface area contributed by atoms with Gasteiger partial charge in [0.05, 0.1) is 0 Å². The van der Waals surface area contributed by atoms with E-state index < -0.39 is 6.61 Å². The highest BCUT2D eigenvalue weighted by molar-refractivity contribution is 5.37. The molecule has 5 unspecified atom stereocenters. The fourth-order valence-corrected chi connectivity index (χ4v) is 6.16. The summed E-state index contributed by atoms with van der Waals surface area (Å²) in [4.78, 5) is 0. The molecule has 0 spiro atoms. The van der Waals surface area contributed by atoms with E-state index in [1.807, 2.05) is 12.1 Å². The minimum atomic E-state index is -2.73. The highest BCUT2D eigenvalue weighted by atomic mass is 19.3. The molecular formula is C23H32F2O. The van der Waals surface area contributed by atoms with Gasteiger partial charge in [-0.25, -0.2) is 0 Å². The van der Waals surface area contributed by atoms with Crippen molar-refractivity contribution in [3.63, 3.8) is 0 Å². The SMILES string of the molecule is CCC1CCC2CC(C3CCc4cc(OC(F)F)ccc4C3)CCC2C1. The molecule has 1 aromatic rings. The smallest absolute Gasteiger partial charge is 0.387 e. The quantitative estimate of drug-likeness (QED) is 0.584. The van der Waals surface area contributed by atoms with Crippen LogP contribution in [0.15, 0.2) is 18.2 Å². The Bertz CT molecular complexity index is 614. The molecule has 5 atom stereocenters. The van der Waals surface area contributed by atoms with Crippen LogP contribution in [0.25, 0.3) is 0 Å². The third-order valence-corrected chi connectivity index (χ3v) is 7.68. The average molecular weight is 363 g/mol. The maximum atomic E-state index is 12.4. The predicted molar refractivity (Wildman–Crippen MR) is 101 cm³/mol. The Morgan fingerprint density at radius 2 is 1.65 bits per heavy atom. The van der Waals surface area contributed by atoms with Gasteiger partial charge in [0.25, 0.3) is 0 Å². The van der Waals surface area contributed by atoms with Gasteiger partial charge in [-0.05, 0) is 104 Å². The molecule has 0 saturated heterocycles. The van der Waals surface area contributed by atoms with E-state index in [9.17, 15) is 8.78 Å². The van der Waals surface area contributed by atoms with Crippen molar-refractivity contribution in [1.82, 2.24) is 0 Å². The monoisotopic (exact) mass is 362 g/mol. The first-order valence-corrected chi connectivity index (χ1v) is 10.7. The van der Waals surface area contributed by atoms with Crippen molar-refractivity contribution in [3.05, 3.63) is 29.3 Å². The summed E-state index contributed by atoms with van der Waals surface area (Å²) in [5.41, 5.74) is 2.58. The minimum Gasteiger partial charge on any atom is -0.435 e. The van der Waals surface area contributed by atoms with Gasteiger partial charge in [-0.15, -0.1) is 0 Å². The van der Waals surface area contributed by atoms with Crippen molar-refractivity contribution in [2.75, 3.05) is 0 Å². The molecule has 0 amide bonds. The Morgan fingerprint density at radius 1 is 0.923 bits per heavy atom. The summed E-state index contributed by atoms with van der Waals surface area (Å²) in [5.74, 6) is 4.92. The van der Waals surface area contributed by atoms with Crippen LogP contribution in [0.5, 0.6) is 5.75 Å². The molecule has 0 aromatic heterocycles. The molecule has 0 heterocycles. The second kappa shape index (κ2) is 7.86. The van der Waals surface area contributed by atoms with Crippen molar-refractivity contribution in [3.8, 4) is 5.75 Å². The number of ether oxygens (including phenoxy) is 1. The first kappa shape index (κ1) is 18.3. The first-order valence-electron chi connectivity index (χ1n) is 10.7. The van der Waals surface area contributed by atoms with E-state index in [2.05, 4.69) is 11.7 Å². The molecule has 4 rings (SSSR count). The number of hydrogen-bond donors (Lipinski definition) is 0. The summed E-state index contributed by atoms with van der Waals surface area (Å²) >= 11 is 0. The maximum Gasteiger partial charge on any atom is 0.387 e. The lowest BCUT2D eigenvalue weighted by molar-refractivity contribution is -0.0499. The molecule has 0 bridgehead atoms. The molecular weight excluding hydrogens is 330 g/mol. The second-order valence-electron chi connectivity index (χ2n) is 8.99. The standard InChI is InChI=1S/C23H32F2O/c1-2-15-3-4-17-12-18(6-5-16(17)11-15)19-7-8-21-14-22(26-23(24)25)10-9-20(21)13-19/h9-10,14-19,23H,2-8,11-13H2,1H3. The molecule has 1 aromatic carbocycles. The molecule has 3 heteroatoms. The highest BCUT2D eigenvalue weighted by Crippen LogP contribution is 2.48. The van der Waals surface area contributed by atoms with Crippen LogP contribution in [-0.4, -0.2) is 6.61 Å². The van der Waals surface area contributed by atoms with Crippen LogP contribution in [0.4, 0.5) is 8.78 Å². The van der Waals surface area contributed by atoms with Crippen molar-refractivity contribution >= 4 is 0 Å². The summed E-state index contributed by atoms with van der Waals surface area (Å²) in [6.45, 7) is -0.379. The van der Waals surface area contributed by atoms with Gasteiger partial charge in [-0.2, -0.15) is 8.78 Å². The van der Waals surface area contributed by atoms with Gasteiger partial charge in [-0.3, -0.25) is 0 Å². The van der Waals surface area contributed by atoms with Crippen molar-refractivity contribution in [1.29, 1.82) is 0 Å². The molecule has 1 nitrogen and oxygen atoms in total. The van der Waals surface area contributed by atoms with Gasteiger partial charge >= 0.3 is 6.61 Å². The zero-order valence-electron chi connectivity index (χ0n) is 15.9. The van der Waals surface area contributed by atoms with Crippen LogP contribution in [0.3, 0.4) is 0 Å². The molecule has 26 heavy (non-hydrogen) atoms. The lowest BCUT2D eigenvalue weighted by Crippen LogP contribution is -2.35. The molecule has 3 aliphatic carbocycles. The van der Waals surface area contributed by atoms with Crippen molar-refractivity contribution in [2.45, 2.75) is 77.7 Å². The van der Waals surface area contributed by atoms with E-state index in [0.717, 1.165) is 42.4 Å². The second-order valence-corrected chi connectivity index (χ2v) is 8.99. The summed E-state index contributed by atoms with van der Waals surface area (Å²) in [6.07, 6.45) is 13.4. The van der Waals surface area contributed by atoms with E-state index in [1.54, 1.807) is 6.07 Å². The first-order chi connectivity index (χ1) is 12.6. The van der Waals surface area contributed by atoms with Crippen LogP contribution in [0, 0.1) is 29.6 Å². The molecule has 0 aliphatic heterocycles. The van der Waals surface area contributed by atoms with Gasteiger partial charge in [0.2, 0.25) is 0 Å². The summed E-state index contributed by atoms with van der Waals surface area (Å²) in [7, 11) is 0. The summed E-state index contributed by atoms with van der Waals surface area (Å²) in [5, 5.41) is 0. The maximum absolute atomic E-state index is 12.4. The van der Waals surface area contributed by atoms with Crippen molar-refractivity contribution in [2.24, 2.45) is 29.6 Å². The lowest BCUT2D eigenvalue weighted by Gasteiger charge is -2.45. The highest BCUT2D eigenvalue weighted by Gasteiger charge is 2.38. The normalized spacial score (nSPS) is 34.2. The predicted octanol–water partition coefficient (Wildman–Crippen LogP) is 6.64. The Kier molecular flexibility index (Phi) is 5.52. The van der Waals surface area contributed by atoms with Crippen LogP contribution < -0.4 is 4.74 Å². The lowest BCUT2D eigenvalue weighted by atomic mass is 9.61. The number of alkyl halides is 2. The van der Waals surface area contributed by atoms with E-state index in [-0.39, 0.29) is 0 Å². The summed E-state index contributed by atoms with van der Waals surface area (Å²) < 4.78 is 29.4. The van der Waals surface area contributed by atoms with E-state index in [1.165, 1.54) is 62.5 Å². The van der Waals surface area contributed by atoms with Crippen molar-refractivity contribution < 1.29 is 13.5 Å². The number of fused-ring (bicyclic) bond motifs is 2. The van der Waals surface area contributed by atoms with Gasteiger partial charge in [0.1, 0.15) is 5.75 Å². The third kappa shape index (κ3) is 3.92. The molecule has 3 aliphatic rings. The molecule has 2 fully saturated rings. The van der Waals surface area contributed by atoms with Crippen LogP contribution >= 0.6 is 0 Å². The molecule has 144 valence electrons. The van der Waals surface area contributed by atoms with Gasteiger partial charge < -0.3 is 4.74 Å². The van der Waals surface area contributed by atoms with Gasteiger partial charge in [0.15, 0.2) is 0 Å². The molecule has 0 N–H and O–H groups in total. The number of aryl methyl sites for hydroxylation is 1. The fraction of sp³-hybridized carbons (Fsp3) is 0.739. The van der Waals surface area contributed by atoms with E-state index in [4.69, 9.17) is 0 Å². The van der Waals surface area contributed by atoms with Crippen LogP contribution in [-0.2, 0) is 12.8 Å². The van der Waals surface area contributed by atoms with Crippen LogP contribution in [0.2, 0.25) is 0 Å². The van der Waals surface area contributed by atoms with E-state index >= 15 is 0 Å². The zero-order chi connectivity index (χ0) is 18.1. The number of rotatable bonds is 4. The average Bonchev–Trinajstić information content (AvgIpc) is 2.66. The Balaban J connectivity index is 1.37. The Hall–Kier alpha value is -1.12. The molecule has 0 radical (unpaired) electrons. The Morgan fingerprint density at radius 3 is 2.42 bits per heavy atom. The number of halogens is 2. The van der Waals surface area contributed by atoms with Gasteiger partial charge in [-0.1, -0.05) is 25.8 Å². The molecule has 2 saturated carbocycles. The van der Waals surface area contributed by atoms with E-state index in [0.29, 0.717) is 5.75 Å². The number of benzene rings is 1. The third-order valence-electron chi connectivity index (χ3n) is 7.68. The topological polar surface area (TPSA) is 9.23 Å². The zero-order valence-corrected chi connectivity index (χ0v) is 15.9. The number of hydrogen-bond acceptors (Lipinski definition) is 1. The van der Waals surface area contributed by atoms with Gasteiger partial charge in [0, 0.05) is 0 Å². The Labute approximate surface area is 156 Å². The summed E-state index contributed by atoms with van der Waals surface area (Å²) in [6, 6.07) is 5.58. The minimum absolute atomic E-state index is 0.311.